The molecular weight excluding hydrogens is 364 g/mol. The number of carbonyl (C=O) groups is 1. The predicted octanol–water partition coefficient (Wildman–Crippen LogP) is 2.37. The summed E-state index contributed by atoms with van der Waals surface area (Å²) in [5.41, 5.74) is 2.91. The van der Waals surface area contributed by atoms with Crippen molar-refractivity contribution in [3.63, 3.8) is 0 Å². The van der Waals surface area contributed by atoms with E-state index >= 15 is 0 Å². The SMILES string of the molecule is C/C(=N/NC(=O)c1cccc(S(=O)(=O)N(C)C)c1)c1ccc(F)c(F)c1. The first-order valence-electron chi connectivity index (χ1n) is 7.45. The Labute approximate surface area is 150 Å². The zero-order valence-electron chi connectivity index (χ0n) is 14.3. The molecule has 0 atom stereocenters. The molecule has 1 N–H and O–H groups in total. The third-order valence-corrected chi connectivity index (χ3v) is 5.35. The highest BCUT2D eigenvalue weighted by atomic mass is 32.2. The minimum absolute atomic E-state index is 0.0311. The summed E-state index contributed by atoms with van der Waals surface area (Å²) in [6.07, 6.45) is 0. The van der Waals surface area contributed by atoms with Gasteiger partial charge in [-0.1, -0.05) is 6.07 Å². The number of amides is 1. The second-order valence-electron chi connectivity index (χ2n) is 5.58. The Kier molecular flexibility index (Phi) is 5.83. The molecular formula is C17H17F2N3O3S. The summed E-state index contributed by atoms with van der Waals surface area (Å²) in [5.74, 6) is -2.64. The first-order chi connectivity index (χ1) is 12.1. The van der Waals surface area contributed by atoms with E-state index in [1.165, 1.54) is 51.4 Å². The van der Waals surface area contributed by atoms with Crippen LogP contribution in [0.2, 0.25) is 0 Å². The Bertz CT molecular complexity index is 973. The molecule has 0 bridgehead atoms. The number of sulfonamides is 1. The molecule has 0 saturated carbocycles. The van der Waals surface area contributed by atoms with E-state index in [-0.39, 0.29) is 16.2 Å². The van der Waals surface area contributed by atoms with Crippen molar-refractivity contribution in [2.24, 2.45) is 5.10 Å². The first-order valence-corrected chi connectivity index (χ1v) is 8.89. The van der Waals surface area contributed by atoms with Gasteiger partial charge < -0.3 is 0 Å². The van der Waals surface area contributed by atoms with E-state index in [0.29, 0.717) is 5.56 Å². The van der Waals surface area contributed by atoms with Gasteiger partial charge in [0.25, 0.3) is 5.91 Å². The van der Waals surface area contributed by atoms with Gasteiger partial charge in [0, 0.05) is 25.2 Å². The molecule has 0 heterocycles. The maximum atomic E-state index is 13.2. The molecule has 0 unspecified atom stereocenters. The molecule has 26 heavy (non-hydrogen) atoms. The van der Waals surface area contributed by atoms with E-state index in [0.717, 1.165) is 16.4 Å². The molecule has 0 fully saturated rings. The van der Waals surface area contributed by atoms with Crippen LogP contribution >= 0.6 is 0 Å². The van der Waals surface area contributed by atoms with Crippen LogP contribution in [0.1, 0.15) is 22.8 Å². The second kappa shape index (κ2) is 7.71. The number of nitrogens with one attached hydrogen (secondary N) is 1. The predicted molar refractivity (Wildman–Crippen MR) is 93.4 cm³/mol. The lowest BCUT2D eigenvalue weighted by atomic mass is 10.1. The molecule has 0 spiro atoms. The summed E-state index contributed by atoms with van der Waals surface area (Å²) in [7, 11) is -0.903. The number of rotatable bonds is 5. The second-order valence-corrected chi connectivity index (χ2v) is 7.73. The van der Waals surface area contributed by atoms with Crippen LogP contribution in [-0.2, 0) is 10.0 Å². The summed E-state index contributed by atoms with van der Waals surface area (Å²) in [6.45, 7) is 1.51. The van der Waals surface area contributed by atoms with Crippen molar-refractivity contribution < 1.29 is 22.0 Å². The minimum atomic E-state index is -3.68. The van der Waals surface area contributed by atoms with Crippen LogP contribution in [0.5, 0.6) is 0 Å². The largest absolute Gasteiger partial charge is 0.271 e. The lowest BCUT2D eigenvalue weighted by Gasteiger charge is -2.12. The zero-order valence-corrected chi connectivity index (χ0v) is 15.1. The molecule has 2 rings (SSSR count). The highest BCUT2D eigenvalue weighted by Gasteiger charge is 2.18. The number of hydrogen-bond donors (Lipinski definition) is 1. The van der Waals surface area contributed by atoms with Crippen molar-refractivity contribution >= 4 is 21.6 Å². The Morgan fingerprint density at radius 3 is 2.35 bits per heavy atom. The maximum Gasteiger partial charge on any atom is 0.271 e. The van der Waals surface area contributed by atoms with E-state index < -0.39 is 27.6 Å². The van der Waals surface area contributed by atoms with Gasteiger partial charge in [0.1, 0.15) is 0 Å². The number of benzene rings is 2. The number of nitrogens with zero attached hydrogens (tertiary/aromatic N) is 2. The fourth-order valence-corrected chi connectivity index (χ4v) is 2.94. The first kappa shape index (κ1) is 19.7. The van der Waals surface area contributed by atoms with E-state index in [2.05, 4.69) is 10.5 Å². The van der Waals surface area contributed by atoms with Gasteiger partial charge in [-0.2, -0.15) is 5.10 Å². The van der Waals surface area contributed by atoms with Crippen LogP contribution in [-0.4, -0.2) is 38.4 Å². The molecule has 138 valence electrons. The number of carbonyl (C=O) groups excluding carboxylic acids is 1. The summed E-state index contributed by atoms with van der Waals surface area (Å²) < 4.78 is 51.5. The standard InChI is InChI=1S/C17H17F2N3O3S/c1-11(12-7-8-15(18)16(19)10-12)20-21-17(23)13-5-4-6-14(9-13)26(24,25)22(2)3/h4-10H,1-3H3,(H,21,23)/b20-11-. The molecule has 0 radical (unpaired) electrons. The molecule has 0 aliphatic rings. The smallest absolute Gasteiger partial charge is 0.267 e. The molecule has 0 aliphatic carbocycles. The van der Waals surface area contributed by atoms with E-state index in [1.807, 2.05) is 0 Å². The van der Waals surface area contributed by atoms with Crippen LogP contribution in [0, 0.1) is 11.6 Å². The van der Waals surface area contributed by atoms with Crippen molar-refractivity contribution in [3.8, 4) is 0 Å². The summed E-state index contributed by atoms with van der Waals surface area (Å²) in [4.78, 5) is 12.2. The molecule has 1 amide bonds. The topological polar surface area (TPSA) is 78.8 Å². The van der Waals surface area contributed by atoms with E-state index in [1.54, 1.807) is 0 Å². The molecule has 6 nitrogen and oxygen atoms in total. The maximum absolute atomic E-state index is 13.2. The van der Waals surface area contributed by atoms with Crippen molar-refractivity contribution in [2.75, 3.05) is 14.1 Å². The van der Waals surface area contributed by atoms with Gasteiger partial charge in [0.15, 0.2) is 11.6 Å². The average molecular weight is 381 g/mol. The van der Waals surface area contributed by atoms with E-state index in [9.17, 15) is 22.0 Å². The van der Waals surface area contributed by atoms with Crippen molar-refractivity contribution in [2.45, 2.75) is 11.8 Å². The number of hydrogen-bond acceptors (Lipinski definition) is 4. The van der Waals surface area contributed by atoms with E-state index in [4.69, 9.17) is 0 Å². The Morgan fingerprint density at radius 2 is 1.73 bits per heavy atom. The fraction of sp³-hybridized carbons (Fsp3) is 0.176. The summed E-state index contributed by atoms with van der Waals surface area (Å²) >= 11 is 0. The van der Waals surface area contributed by atoms with Gasteiger partial charge >= 0.3 is 0 Å². The Balaban J connectivity index is 2.21. The Hall–Kier alpha value is -2.65. The van der Waals surface area contributed by atoms with Crippen molar-refractivity contribution in [1.82, 2.24) is 9.73 Å². The lowest BCUT2D eigenvalue weighted by Crippen LogP contribution is -2.23. The normalized spacial score (nSPS) is 12.3. The minimum Gasteiger partial charge on any atom is -0.267 e. The highest BCUT2D eigenvalue weighted by molar-refractivity contribution is 7.89. The van der Waals surface area contributed by atoms with Crippen molar-refractivity contribution in [1.29, 1.82) is 0 Å². The van der Waals surface area contributed by atoms with Gasteiger partial charge in [0.05, 0.1) is 10.6 Å². The van der Waals surface area contributed by atoms with Crippen LogP contribution in [0.25, 0.3) is 0 Å². The number of halogens is 2. The van der Waals surface area contributed by atoms with Crippen LogP contribution in [0.3, 0.4) is 0 Å². The van der Waals surface area contributed by atoms with Crippen LogP contribution in [0.15, 0.2) is 52.5 Å². The molecule has 0 aliphatic heterocycles. The highest BCUT2D eigenvalue weighted by Crippen LogP contribution is 2.15. The molecule has 0 saturated heterocycles. The number of hydrazone groups is 1. The van der Waals surface area contributed by atoms with Gasteiger partial charge in [-0.3, -0.25) is 4.79 Å². The molecule has 2 aromatic rings. The molecule has 9 heteroatoms. The summed E-state index contributed by atoms with van der Waals surface area (Å²) in [5, 5.41) is 3.84. The quantitative estimate of drug-likeness (QED) is 0.638. The summed E-state index contributed by atoms with van der Waals surface area (Å²) in [6, 6.07) is 8.73. The third-order valence-electron chi connectivity index (χ3n) is 3.54. The van der Waals surface area contributed by atoms with Gasteiger partial charge in [-0.15, -0.1) is 0 Å². The average Bonchev–Trinajstić information content (AvgIpc) is 2.61. The van der Waals surface area contributed by atoms with Crippen LogP contribution in [0.4, 0.5) is 8.78 Å². The van der Waals surface area contributed by atoms with Gasteiger partial charge in [-0.25, -0.2) is 26.9 Å². The van der Waals surface area contributed by atoms with Gasteiger partial charge in [0.2, 0.25) is 10.0 Å². The van der Waals surface area contributed by atoms with Gasteiger partial charge in [-0.05, 0) is 43.3 Å². The fourth-order valence-electron chi connectivity index (χ4n) is 1.99. The van der Waals surface area contributed by atoms with Crippen LogP contribution < -0.4 is 5.43 Å². The lowest BCUT2D eigenvalue weighted by molar-refractivity contribution is 0.0954. The molecule has 2 aromatic carbocycles. The van der Waals surface area contributed by atoms with Crippen molar-refractivity contribution in [3.05, 3.63) is 65.2 Å². The monoisotopic (exact) mass is 381 g/mol. The third kappa shape index (κ3) is 4.30. The molecule has 0 aromatic heterocycles. The Morgan fingerprint density at radius 1 is 1.04 bits per heavy atom. The zero-order chi connectivity index (χ0) is 19.5.